The number of benzene rings is 7. The van der Waals surface area contributed by atoms with Crippen molar-refractivity contribution >= 4 is 44.6 Å². The monoisotopic (exact) mass is 807 g/mol. The highest BCUT2D eigenvalue weighted by atomic mass is 15.4. The van der Waals surface area contributed by atoms with Crippen LogP contribution in [0.2, 0.25) is 0 Å². The average molecular weight is 807 g/mol. The maximum Gasteiger partial charge on any atom is 0.137 e. The predicted octanol–water partition coefficient (Wildman–Crippen LogP) is 14.9. The van der Waals surface area contributed by atoms with Crippen molar-refractivity contribution in [3.05, 3.63) is 204 Å². The molecule has 0 saturated heterocycles. The van der Waals surface area contributed by atoms with Crippen LogP contribution in [0.15, 0.2) is 182 Å². The van der Waals surface area contributed by atoms with Gasteiger partial charge in [0, 0.05) is 33.8 Å². The molecule has 9 aromatic rings. The molecule has 0 fully saturated rings. The standard InChI is InChI=1S/C57H52N4/c1-56(2,3)43-30-31-58-54(37-43)61-50-25-14-13-24-46(50)47-29-28-40(34-53(47)61)32-39-18-17-23-45(33-39)59-38-60(52-27-16-15-26-51(52)59)55-48(41-19-9-7-10-20-41)35-44(57(4,5)6)36-49(55)42-21-11-8-12-22-42/h7-31,33-37H,32,38H2,1-6H3/i7D,8D,9D,10D,11D,12D,13D,14D,19D,20D,21D,22D,24D,25D. The van der Waals surface area contributed by atoms with Gasteiger partial charge in [0.25, 0.3) is 0 Å². The van der Waals surface area contributed by atoms with Gasteiger partial charge < -0.3 is 9.80 Å². The first kappa shape index (κ1) is 25.7. The van der Waals surface area contributed by atoms with E-state index in [1.165, 1.54) is 0 Å². The number of pyridine rings is 1. The van der Waals surface area contributed by atoms with Crippen molar-refractivity contribution in [2.75, 3.05) is 16.5 Å². The Kier molecular flexibility index (Phi) is 6.30. The average Bonchev–Trinajstić information content (AvgIpc) is 3.95. The first-order chi connectivity index (χ1) is 35.3. The molecule has 1 aliphatic rings. The molecular formula is C57H52N4. The number of anilines is 4. The van der Waals surface area contributed by atoms with Gasteiger partial charge in [-0.25, -0.2) is 4.98 Å². The van der Waals surface area contributed by atoms with Gasteiger partial charge >= 0.3 is 0 Å². The van der Waals surface area contributed by atoms with Gasteiger partial charge in [-0.05, 0) is 111 Å². The van der Waals surface area contributed by atoms with Crippen LogP contribution in [-0.4, -0.2) is 16.2 Å². The molecule has 0 saturated carbocycles. The second-order valence-corrected chi connectivity index (χ2v) is 17.6. The highest BCUT2D eigenvalue weighted by molar-refractivity contribution is 6.09. The van der Waals surface area contributed by atoms with Gasteiger partial charge in [0.05, 0.1) is 47.3 Å². The summed E-state index contributed by atoms with van der Waals surface area (Å²) < 4.78 is 126. The fourth-order valence-electron chi connectivity index (χ4n) is 8.32. The molecule has 3 heterocycles. The fourth-order valence-corrected chi connectivity index (χ4v) is 8.32. The highest BCUT2D eigenvalue weighted by Crippen LogP contribution is 2.51. The van der Waals surface area contributed by atoms with Gasteiger partial charge in [-0.2, -0.15) is 0 Å². The van der Waals surface area contributed by atoms with E-state index in [2.05, 4.69) is 31.7 Å². The SMILES string of the molecule is [2H]c1c([2H])c([2H])c(-c2cc(C(C)(C)C)cc(-c3c([2H])c([2H])c([2H])c([2H])c3[2H])c2N2CN(c3cccc(Cc4ccc5c6c([2H])c([2H])c([2H])c([2H])c6n(-c6cc(C(C)(C)C)ccn6)c5c4)c3)c3ccccc32)c([2H])c1[2H]. The Morgan fingerprint density at radius 1 is 0.541 bits per heavy atom. The lowest BCUT2D eigenvalue weighted by Gasteiger charge is -2.30. The minimum absolute atomic E-state index is 0.0968. The van der Waals surface area contributed by atoms with E-state index in [-0.39, 0.29) is 58.5 Å². The molecule has 0 unspecified atom stereocenters. The molecule has 0 atom stereocenters. The van der Waals surface area contributed by atoms with Crippen LogP contribution in [0, 0.1) is 0 Å². The van der Waals surface area contributed by atoms with E-state index in [1.807, 2.05) is 103 Å². The zero-order valence-corrected chi connectivity index (χ0v) is 34.9. The van der Waals surface area contributed by atoms with Crippen molar-refractivity contribution in [3.63, 3.8) is 0 Å². The lowest BCUT2D eigenvalue weighted by atomic mass is 9.82. The number of hydrogen-bond acceptors (Lipinski definition) is 3. The van der Waals surface area contributed by atoms with Crippen molar-refractivity contribution in [2.45, 2.75) is 58.8 Å². The zero-order chi connectivity index (χ0) is 54.1. The van der Waals surface area contributed by atoms with Crippen LogP contribution in [0.5, 0.6) is 0 Å². The Morgan fingerprint density at radius 2 is 1.16 bits per heavy atom. The Hall–Kier alpha value is -6.91. The lowest BCUT2D eigenvalue weighted by molar-refractivity contribution is 0.588. The van der Waals surface area contributed by atoms with Crippen molar-refractivity contribution in [1.82, 2.24) is 9.55 Å². The van der Waals surface area contributed by atoms with Crippen LogP contribution < -0.4 is 9.80 Å². The summed E-state index contributed by atoms with van der Waals surface area (Å²) in [5.41, 5.74) is 6.39. The van der Waals surface area contributed by atoms with E-state index in [4.69, 9.17) is 18.7 Å². The van der Waals surface area contributed by atoms with Gasteiger partial charge in [-0.3, -0.25) is 4.57 Å². The number of nitrogens with zero attached hydrogens (tertiary/aromatic N) is 4. The topological polar surface area (TPSA) is 24.3 Å². The number of fused-ring (bicyclic) bond motifs is 4. The molecule has 10 rings (SSSR count). The largest absolute Gasteiger partial charge is 0.321 e. The summed E-state index contributed by atoms with van der Waals surface area (Å²) in [5, 5.41) is 1.06. The van der Waals surface area contributed by atoms with E-state index < -0.39 is 65.8 Å². The Balaban J connectivity index is 1.14. The predicted molar refractivity (Wildman–Crippen MR) is 258 cm³/mol. The summed E-state index contributed by atoms with van der Waals surface area (Å²) >= 11 is 0. The van der Waals surface area contributed by atoms with E-state index in [9.17, 15) is 5.48 Å². The molecule has 4 nitrogen and oxygen atoms in total. The molecule has 61 heavy (non-hydrogen) atoms. The second-order valence-electron chi connectivity index (χ2n) is 17.6. The number of aromatic nitrogens is 2. The minimum atomic E-state index is -0.625. The summed E-state index contributed by atoms with van der Waals surface area (Å²) in [6.07, 6.45) is 2.17. The summed E-state index contributed by atoms with van der Waals surface area (Å²) in [6.45, 7) is 12.2. The quantitative estimate of drug-likeness (QED) is 0.160. The van der Waals surface area contributed by atoms with Gasteiger partial charge in [0.2, 0.25) is 0 Å². The van der Waals surface area contributed by atoms with E-state index in [0.29, 0.717) is 51.0 Å². The maximum atomic E-state index is 9.26. The molecule has 0 amide bonds. The van der Waals surface area contributed by atoms with Crippen LogP contribution >= 0.6 is 0 Å². The van der Waals surface area contributed by atoms with Crippen LogP contribution in [0.1, 0.15) is 83.0 Å². The Labute approximate surface area is 380 Å². The smallest absolute Gasteiger partial charge is 0.137 e. The molecule has 0 N–H and O–H groups in total. The highest BCUT2D eigenvalue weighted by Gasteiger charge is 2.32. The molecule has 0 aliphatic carbocycles. The van der Waals surface area contributed by atoms with Gasteiger partial charge in [-0.1, -0.05) is 156 Å². The molecule has 2 aromatic heterocycles. The third-order valence-electron chi connectivity index (χ3n) is 11.5. The van der Waals surface area contributed by atoms with Crippen molar-refractivity contribution in [2.24, 2.45) is 0 Å². The van der Waals surface area contributed by atoms with Gasteiger partial charge in [0.1, 0.15) is 12.5 Å². The molecular weight excluding hydrogens is 741 g/mol. The van der Waals surface area contributed by atoms with Crippen molar-refractivity contribution in [3.8, 4) is 28.1 Å². The number of para-hydroxylation sites is 3. The second kappa shape index (κ2) is 15.0. The van der Waals surface area contributed by atoms with Gasteiger partial charge in [0.15, 0.2) is 0 Å². The molecule has 0 radical (unpaired) electrons. The van der Waals surface area contributed by atoms with E-state index in [1.54, 1.807) is 18.3 Å². The van der Waals surface area contributed by atoms with Crippen LogP contribution in [-0.2, 0) is 17.3 Å². The third-order valence-corrected chi connectivity index (χ3v) is 11.5. The molecule has 0 bridgehead atoms. The van der Waals surface area contributed by atoms with Crippen LogP contribution in [0.4, 0.5) is 22.7 Å². The van der Waals surface area contributed by atoms with E-state index in [0.717, 1.165) is 28.1 Å². The summed E-state index contributed by atoms with van der Waals surface area (Å²) in [5.74, 6) is 0.529. The van der Waals surface area contributed by atoms with Gasteiger partial charge in [-0.15, -0.1) is 0 Å². The summed E-state index contributed by atoms with van der Waals surface area (Å²) in [6, 6.07) is 22.9. The third kappa shape index (κ3) is 7.06. The van der Waals surface area contributed by atoms with Crippen molar-refractivity contribution in [1.29, 1.82) is 0 Å². The Morgan fingerprint density at radius 3 is 1.84 bits per heavy atom. The van der Waals surface area contributed by atoms with Crippen LogP contribution in [0.3, 0.4) is 0 Å². The summed E-state index contributed by atoms with van der Waals surface area (Å²) in [4.78, 5) is 8.74. The minimum Gasteiger partial charge on any atom is -0.321 e. The Bertz CT molecular complexity index is 3740. The normalized spacial score (nSPS) is 16.2. The van der Waals surface area contributed by atoms with E-state index >= 15 is 0 Å². The molecule has 0 spiro atoms. The molecule has 4 heteroatoms. The maximum absolute atomic E-state index is 9.26. The number of rotatable bonds is 7. The zero-order valence-electron chi connectivity index (χ0n) is 48.9. The fraction of sp³-hybridized carbons (Fsp3) is 0.175. The van der Waals surface area contributed by atoms with Crippen LogP contribution in [0.25, 0.3) is 49.9 Å². The molecule has 300 valence electrons. The molecule has 7 aromatic carbocycles. The van der Waals surface area contributed by atoms with Crippen molar-refractivity contribution < 1.29 is 19.2 Å². The first-order valence-corrected chi connectivity index (χ1v) is 20.4. The summed E-state index contributed by atoms with van der Waals surface area (Å²) in [7, 11) is 0. The first-order valence-electron chi connectivity index (χ1n) is 27.4. The number of hydrogen-bond donors (Lipinski definition) is 0. The molecule has 1 aliphatic heterocycles. The lowest BCUT2D eigenvalue weighted by Crippen LogP contribution is -2.25.